The summed E-state index contributed by atoms with van der Waals surface area (Å²) in [5, 5.41) is 2.29. The van der Waals surface area contributed by atoms with Crippen LogP contribution in [-0.2, 0) is 24.3 Å². The summed E-state index contributed by atoms with van der Waals surface area (Å²) in [6, 6.07) is 5.60. The number of carbonyl (C=O) groups excluding carboxylic acids is 2. The van der Waals surface area contributed by atoms with Crippen molar-refractivity contribution in [1.29, 1.82) is 0 Å². The molecule has 2 N–H and O–H groups in total. The molecule has 0 atom stereocenters. The summed E-state index contributed by atoms with van der Waals surface area (Å²) >= 11 is 0. The van der Waals surface area contributed by atoms with E-state index >= 15 is 0 Å². The van der Waals surface area contributed by atoms with Gasteiger partial charge >= 0.3 is 5.97 Å². The van der Waals surface area contributed by atoms with Crippen LogP contribution in [0.2, 0.25) is 0 Å². The zero-order chi connectivity index (χ0) is 20.9. The number of hydrogen-bond acceptors (Lipinski definition) is 5. The van der Waals surface area contributed by atoms with Gasteiger partial charge in [0.15, 0.2) is 24.1 Å². The van der Waals surface area contributed by atoms with Gasteiger partial charge in [-0.25, -0.2) is 26.0 Å². The van der Waals surface area contributed by atoms with E-state index in [0.29, 0.717) is 12.1 Å². The Labute approximate surface area is 156 Å². The standard InChI is InChI=1S/C16H12F4N2O5S/c17-9-1-3-10(4-2-9)22-13(23)8-27-14(24)7-21-28(25,26)12-6-5-11(18)15(19)16(12)20/h1-6,21H,7-8H2,(H,22,23). The van der Waals surface area contributed by atoms with E-state index in [1.807, 2.05) is 0 Å². The second-order valence-corrected chi connectivity index (χ2v) is 6.95. The van der Waals surface area contributed by atoms with Crippen molar-refractivity contribution in [3.8, 4) is 0 Å². The second-order valence-electron chi connectivity index (χ2n) is 5.21. The van der Waals surface area contributed by atoms with E-state index < -0.39 is 63.2 Å². The first kappa shape index (κ1) is 21.3. The molecule has 2 rings (SSSR count). The SMILES string of the molecule is O=C(COC(=O)CNS(=O)(=O)c1ccc(F)c(F)c1F)Nc1ccc(F)cc1. The molecule has 0 heterocycles. The lowest BCUT2D eigenvalue weighted by atomic mass is 10.3. The number of nitrogens with one attached hydrogen (secondary N) is 2. The van der Waals surface area contributed by atoms with Gasteiger partial charge in [-0.2, -0.15) is 4.72 Å². The van der Waals surface area contributed by atoms with E-state index in [2.05, 4.69) is 10.1 Å². The summed E-state index contributed by atoms with van der Waals surface area (Å²) in [6.07, 6.45) is 0. The van der Waals surface area contributed by atoms with Crippen molar-refractivity contribution in [2.45, 2.75) is 4.90 Å². The number of carbonyl (C=O) groups is 2. The molecule has 150 valence electrons. The van der Waals surface area contributed by atoms with Crippen LogP contribution in [-0.4, -0.2) is 33.4 Å². The molecule has 1 amide bonds. The van der Waals surface area contributed by atoms with Gasteiger partial charge < -0.3 is 10.1 Å². The number of anilines is 1. The van der Waals surface area contributed by atoms with Crippen LogP contribution in [0, 0.1) is 23.3 Å². The fraction of sp³-hybridized carbons (Fsp3) is 0.125. The fourth-order valence-electron chi connectivity index (χ4n) is 1.87. The molecular weight excluding hydrogens is 408 g/mol. The van der Waals surface area contributed by atoms with Gasteiger partial charge in [0, 0.05) is 5.69 Å². The summed E-state index contributed by atoms with van der Waals surface area (Å²) in [6.45, 7) is -1.78. The van der Waals surface area contributed by atoms with Crippen LogP contribution in [0.25, 0.3) is 0 Å². The largest absolute Gasteiger partial charge is 0.455 e. The molecule has 28 heavy (non-hydrogen) atoms. The van der Waals surface area contributed by atoms with Crippen molar-refractivity contribution in [3.05, 3.63) is 59.7 Å². The van der Waals surface area contributed by atoms with Crippen LogP contribution in [0.4, 0.5) is 23.2 Å². The van der Waals surface area contributed by atoms with E-state index in [0.717, 1.165) is 12.1 Å². The second kappa shape index (κ2) is 8.80. The molecular formula is C16H12F4N2O5S. The zero-order valence-corrected chi connectivity index (χ0v) is 14.7. The Morgan fingerprint density at radius 2 is 1.57 bits per heavy atom. The lowest BCUT2D eigenvalue weighted by molar-refractivity contribution is -0.146. The van der Waals surface area contributed by atoms with Crippen molar-refractivity contribution >= 4 is 27.6 Å². The zero-order valence-electron chi connectivity index (χ0n) is 13.8. The summed E-state index contributed by atoms with van der Waals surface area (Å²) < 4.78 is 82.2. The lowest BCUT2D eigenvalue weighted by Crippen LogP contribution is -2.33. The Balaban J connectivity index is 1.87. The highest BCUT2D eigenvalue weighted by Crippen LogP contribution is 2.19. The van der Waals surface area contributed by atoms with E-state index in [-0.39, 0.29) is 5.69 Å². The van der Waals surface area contributed by atoms with Crippen molar-refractivity contribution in [2.75, 3.05) is 18.5 Å². The molecule has 0 bridgehead atoms. The smallest absolute Gasteiger partial charge is 0.321 e. The van der Waals surface area contributed by atoms with Crippen molar-refractivity contribution in [2.24, 2.45) is 0 Å². The summed E-state index contributed by atoms with van der Waals surface area (Å²) in [5.41, 5.74) is 0.233. The van der Waals surface area contributed by atoms with Crippen molar-refractivity contribution in [1.82, 2.24) is 4.72 Å². The number of sulfonamides is 1. The van der Waals surface area contributed by atoms with Gasteiger partial charge in [0.05, 0.1) is 0 Å². The Morgan fingerprint density at radius 3 is 2.21 bits per heavy atom. The van der Waals surface area contributed by atoms with E-state index in [1.54, 1.807) is 4.72 Å². The van der Waals surface area contributed by atoms with Gasteiger partial charge in [-0.3, -0.25) is 9.59 Å². The molecule has 0 aliphatic heterocycles. The highest BCUT2D eigenvalue weighted by molar-refractivity contribution is 7.89. The van der Waals surface area contributed by atoms with Crippen LogP contribution in [0.3, 0.4) is 0 Å². The molecule has 7 nitrogen and oxygen atoms in total. The molecule has 0 saturated heterocycles. The molecule has 2 aromatic rings. The third kappa shape index (κ3) is 5.50. The maximum Gasteiger partial charge on any atom is 0.321 e. The van der Waals surface area contributed by atoms with Gasteiger partial charge in [0.25, 0.3) is 5.91 Å². The van der Waals surface area contributed by atoms with Crippen molar-refractivity contribution < 1.29 is 40.3 Å². The van der Waals surface area contributed by atoms with Gasteiger partial charge in [-0.05, 0) is 36.4 Å². The van der Waals surface area contributed by atoms with Crippen LogP contribution in [0.5, 0.6) is 0 Å². The molecule has 0 aromatic heterocycles. The Bertz CT molecular complexity index is 997. The monoisotopic (exact) mass is 420 g/mol. The average molecular weight is 420 g/mol. The highest BCUT2D eigenvalue weighted by atomic mass is 32.2. The minimum atomic E-state index is -4.69. The fourth-order valence-corrected chi connectivity index (χ4v) is 2.91. The predicted molar refractivity (Wildman–Crippen MR) is 87.5 cm³/mol. The predicted octanol–water partition coefficient (Wildman–Crippen LogP) is 1.70. The Hall–Kier alpha value is -2.99. The van der Waals surface area contributed by atoms with Gasteiger partial charge in [0.1, 0.15) is 17.3 Å². The number of benzene rings is 2. The molecule has 2 aromatic carbocycles. The summed E-state index contributed by atoms with van der Waals surface area (Å²) in [4.78, 5) is 21.9. The van der Waals surface area contributed by atoms with E-state index in [1.165, 1.54) is 12.1 Å². The molecule has 0 fully saturated rings. The van der Waals surface area contributed by atoms with E-state index in [9.17, 15) is 35.6 Å². The molecule has 0 aliphatic rings. The normalized spacial score (nSPS) is 11.1. The van der Waals surface area contributed by atoms with Crippen LogP contribution < -0.4 is 10.0 Å². The number of halogens is 4. The van der Waals surface area contributed by atoms with Gasteiger partial charge in [0.2, 0.25) is 10.0 Å². The topological polar surface area (TPSA) is 102 Å². The first-order valence-electron chi connectivity index (χ1n) is 7.44. The van der Waals surface area contributed by atoms with Crippen LogP contribution in [0.15, 0.2) is 41.3 Å². The summed E-state index contributed by atoms with van der Waals surface area (Å²) in [7, 11) is -4.69. The number of rotatable bonds is 7. The van der Waals surface area contributed by atoms with Crippen molar-refractivity contribution in [3.63, 3.8) is 0 Å². The molecule has 0 radical (unpaired) electrons. The molecule has 0 saturated carbocycles. The van der Waals surface area contributed by atoms with E-state index in [4.69, 9.17) is 0 Å². The third-order valence-electron chi connectivity index (χ3n) is 3.19. The first-order valence-corrected chi connectivity index (χ1v) is 8.92. The quantitative estimate of drug-likeness (QED) is 0.403. The van der Waals surface area contributed by atoms with Gasteiger partial charge in [-0.1, -0.05) is 0 Å². The first-order chi connectivity index (χ1) is 13.1. The summed E-state index contributed by atoms with van der Waals surface area (Å²) in [5.74, 6) is -8.00. The Kier molecular flexibility index (Phi) is 6.70. The maximum absolute atomic E-state index is 13.5. The van der Waals surface area contributed by atoms with Crippen LogP contribution >= 0.6 is 0 Å². The number of esters is 1. The highest BCUT2D eigenvalue weighted by Gasteiger charge is 2.24. The Morgan fingerprint density at radius 1 is 0.929 bits per heavy atom. The molecule has 0 unspecified atom stereocenters. The number of ether oxygens (including phenoxy) is 1. The van der Waals surface area contributed by atoms with Crippen LogP contribution in [0.1, 0.15) is 0 Å². The molecule has 12 heteroatoms. The van der Waals surface area contributed by atoms with Gasteiger partial charge in [-0.15, -0.1) is 0 Å². The average Bonchev–Trinajstić information content (AvgIpc) is 2.64. The maximum atomic E-state index is 13.5. The minimum absolute atomic E-state index is 0.233. The third-order valence-corrected chi connectivity index (χ3v) is 4.61. The molecule has 0 aliphatic carbocycles. The number of amides is 1. The number of hydrogen-bond donors (Lipinski definition) is 2. The minimum Gasteiger partial charge on any atom is -0.455 e. The lowest BCUT2D eigenvalue weighted by Gasteiger charge is -2.09. The molecule has 0 spiro atoms.